The Kier molecular flexibility index (Phi) is 5.30. The number of rotatable bonds is 6. The summed E-state index contributed by atoms with van der Waals surface area (Å²) in [5.74, 6) is -0.948. The molecule has 2 saturated carbocycles. The molecule has 3 fully saturated rings. The number of ether oxygens (including phenoxy) is 1. The summed E-state index contributed by atoms with van der Waals surface area (Å²) in [5.41, 5.74) is 1.56. The zero-order chi connectivity index (χ0) is 21.5. The maximum absolute atomic E-state index is 13.3. The molecule has 5 atom stereocenters. The summed E-state index contributed by atoms with van der Waals surface area (Å²) in [6, 6.07) is 15.6. The van der Waals surface area contributed by atoms with Gasteiger partial charge in [0.05, 0.1) is 11.8 Å². The maximum atomic E-state index is 13.3. The van der Waals surface area contributed by atoms with Crippen molar-refractivity contribution in [3.63, 3.8) is 0 Å². The lowest BCUT2D eigenvalue weighted by Gasteiger charge is -2.26. The standard InChI is InChI=1S/C25H24ClNO4/c26-19-9-5-4-8-18(19)14-31-25(30)20(12-15-6-2-1-3-7-15)27-23(28)21-16-10-11-17(13-16)22(21)24(27)29/h1-9,16-17,20-22H,10-14H2/t16-,17-,20-,21-,22-/m0/s1. The van der Waals surface area contributed by atoms with Crippen molar-refractivity contribution in [1.82, 2.24) is 4.90 Å². The van der Waals surface area contributed by atoms with Gasteiger partial charge in [-0.2, -0.15) is 0 Å². The third-order valence-corrected chi connectivity index (χ3v) is 7.51. The van der Waals surface area contributed by atoms with Crippen LogP contribution in [-0.4, -0.2) is 28.7 Å². The normalized spacial score (nSPS) is 27.5. The Bertz CT molecular complexity index is 995. The number of halogens is 1. The summed E-state index contributed by atoms with van der Waals surface area (Å²) in [5, 5.41) is 0.509. The van der Waals surface area contributed by atoms with Crippen LogP contribution in [0.15, 0.2) is 54.6 Å². The Balaban J connectivity index is 1.40. The highest BCUT2D eigenvalue weighted by molar-refractivity contribution is 6.31. The summed E-state index contributed by atoms with van der Waals surface area (Å²) in [6.45, 7) is -0.00186. The molecule has 2 aromatic rings. The summed E-state index contributed by atoms with van der Waals surface area (Å²) in [7, 11) is 0. The monoisotopic (exact) mass is 437 g/mol. The second-order valence-corrected chi connectivity index (χ2v) is 9.24. The molecule has 5 rings (SSSR count). The topological polar surface area (TPSA) is 63.7 Å². The van der Waals surface area contributed by atoms with Crippen molar-refractivity contribution in [2.24, 2.45) is 23.7 Å². The quantitative estimate of drug-likeness (QED) is 0.505. The lowest BCUT2D eigenvalue weighted by Crippen LogP contribution is -2.48. The molecule has 2 bridgehead atoms. The molecule has 0 radical (unpaired) electrons. The first-order chi connectivity index (χ1) is 15.0. The van der Waals surface area contributed by atoms with E-state index in [1.807, 2.05) is 36.4 Å². The fraction of sp³-hybridized carbons (Fsp3) is 0.400. The van der Waals surface area contributed by atoms with Crippen LogP contribution in [0.4, 0.5) is 0 Å². The van der Waals surface area contributed by atoms with Crippen molar-refractivity contribution in [2.75, 3.05) is 0 Å². The Labute approximate surface area is 186 Å². The van der Waals surface area contributed by atoms with E-state index in [9.17, 15) is 14.4 Å². The molecule has 0 unspecified atom stereocenters. The van der Waals surface area contributed by atoms with Crippen molar-refractivity contribution < 1.29 is 19.1 Å². The van der Waals surface area contributed by atoms with Crippen molar-refractivity contribution in [3.05, 3.63) is 70.7 Å². The molecule has 0 spiro atoms. The average Bonchev–Trinajstić information content (AvgIpc) is 3.46. The van der Waals surface area contributed by atoms with Crippen LogP contribution in [0, 0.1) is 23.7 Å². The molecule has 1 aliphatic heterocycles. The molecule has 31 heavy (non-hydrogen) atoms. The number of hydrogen-bond donors (Lipinski definition) is 0. The van der Waals surface area contributed by atoms with Crippen LogP contribution >= 0.6 is 11.6 Å². The summed E-state index contributed by atoms with van der Waals surface area (Å²) in [6.07, 6.45) is 3.20. The van der Waals surface area contributed by atoms with Gasteiger partial charge in [-0.3, -0.25) is 14.5 Å². The van der Waals surface area contributed by atoms with E-state index in [1.165, 1.54) is 4.90 Å². The minimum atomic E-state index is -0.963. The van der Waals surface area contributed by atoms with Gasteiger partial charge in [-0.15, -0.1) is 0 Å². The van der Waals surface area contributed by atoms with Gasteiger partial charge < -0.3 is 4.74 Å². The van der Waals surface area contributed by atoms with Gasteiger partial charge in [0.25, 0.3) is 0 Å². The first kappa shape index (κ1) is 20.3. The zero-order valence-electron chi connectivity index (χ0n) is 17.1. The number of likely N-dealkylation sites (tertiary alicyclic amines) is 1. The van der Waals surface area contributed by atoms with Crippen LogP contribution in [0.2, 0.25) is 5.02 Å². The number of fused-ring (bicyclic) bond motifs is 5. The number of hydrogen-bond acceptors (Lipinski definition) is 4. The lowest BCUT2D eigenvalue weighted by atomic mass is 9.81. The van der Waals surface area contributed by atoms with Crippen molar-refractivity contribution >= 4 is 29.4 Å². The first-order valence-electron chi connectivity index (χ1n) is 10.9. The fourth-order valence-electron chi connectivity index (χ4n) is 5.72. The Hall–Kier alpha value is -2.66. The van der Waals surface area contributed by atoms with E-state index in [2.05, 4.69) is 0 Å². The predicted molar refractivity (Wildman–Crippen MR) is 115 cm³/mol. The van der Waals surface area contributed by atoms with Crippen LogP contribution in [0.1, 0.15) is 30.4 Å². The Morgan fingerprint density at radius 3 is 2.23 bits per heavy atom. The molecular formula is C25H24ClNO4. The minimum absolute atomic E-state index is 0.00186. The van der Waals surface area contributed by atoms with Crippen molar-refractivity contribution in [3.8, 4) is 0 Å². The van der Waals surface area contributed by atoms with E-state index in [0.717, 1.165) is 24.8 Å². The van der Waals surface area contributed by atoms with E-state index >= 15 is 0 Å². The van der Waals surface area contributed by atoms with Gasteiger partial charge in [-0.05, 0) is 42.7 Å². The molecular weight excluding hydrogens is 414 g/mol. The van der Waals surface area contributed by atoms with Crippen molar-refractivity contribution in [1.29, 1.82) is 0 Å². The van der Waals surface area contributed by atoms with Gasteiger partial charge in [-0.25, -0.2) is 4.79 Å². The van der Waals surface area contributed by atoms with Gasteiger partial charge in [0.2, 0.25) is 11.8 Å². The van der Waals surface area contributed by atoms with E-state index in [1.54, 1.807) is 18.2 Å². The van der Waals surface area contributed by atoms with E-state index in [0.29, 0.717) is 10.6 Å². The van der Waals surface area contributed by atoms with Crippen LogP contribution in [0.5, 0.6) is 0 Å². The minimum Gasteiger partial charge on any atom is -0.459 e. The zero-order valence-corrected chi connectivity index (χ0v) is 17.8. The van der Waals surface area contributed by atoms with Gasteiger partial charge in [0.1, 0.15) is 12.6 Å². The number of nitrogens with zero attached hydrogens (tertiary/aromatic N) is 1. The molecule has 1 heterocycles. The molecule has 160 valence electrons. The van der Waals surface area contributed by atoms with Crippen LogP contribution in [-0.2, 0) is 32.1 Å². The molecule has 2 aromatic carbocycles. The highest BCUT2D eigenvalue weighted by atomic mass is 35.5. The Morgan fingerprint density at radius 2 is 1.58 bits per heavy atom. The number of imide groups is 1. The molecule has 6 heteroatoms. The molecule has 3 aliphatic rings. The number of carbonyl (C=O) groups is 3. The molecule has 0 N–H and O–H groups in total. The fourth-order valence-corrected chi connectivity index (χ4v) is 5.91. The van der Waals surface area contributed by atoms with Gasteiger partial charge >= 0.3 is 5.97 Å². The van der Waals surface area contributed by atoms with Crippen molar-refractivity contribution in [2.45, 2.75) is 38.3 Å². The van der Waals surface area contributed by atoms with Crippen LogP contribution < -0.4 is 0 Å². The number of benzene rings is 2. The predicted octanol–water partition coefficient (Wildman–Crippen LogP) is 4.03. The highest BCUT2D eigenvalue weighted by Gasteiger charge is 2.62. The molecule has 2 aliphatic carbocycles. The third kappa shape index (κ3) is 3.55. The molecule has 2 amide bonds. The van der Waals surface area contributed by atoms with E-state index in [-0.39, 0.29) is 48.5 Å². The van der Waals surface area contributed by atoms with Gasteiger partial charge in [0, 0.05) is 17.0 Å². The number of amides is 2. The largest absolute Gasteiger partial charge is 0.459 e. The SMILES string of the molecule is O=C(OCc1ccccc1Cl)[C@H](Cc1ccccc1)N1C(=O)[C@H]2[C@H]3CC[C@@H](C3)[C@@H]2C1=O. The maximum Gasteiger partial charge on any atom is 0.330 e. The van der Waals surface area contributed by atoms with E-state index < -0.39 is 12.0 Å². The lowest BCUT2D eigenvalue weighted by molar-refractivity contribution is -0.160. The van der Waals surface area contributed by atoms with Gasteiger partial charge in [-0.1, -0.05) is 60.1 Å². The summed E-state index contributed by atoms with van der Waals surface area (Å²) >= 11 is 6.18. The first-order valence-corrected chi connectivity index (χ1v) is 11.2. The second-order valence-electron chi connectivity index (χ2n) is 8.84. The third-order valence-electron chi connectivity index (χ3n) is 7.14. The second kappa shape index (κ2) is 8.12. The molecule has 0 aromatic heterocycles. The van der Waals surface area contributed by atoms with Gasteiger partial charge in [0.15, 0.2) is 0 Å². The smallest absolute Gasteiger partial charge is 0.330 e. The van der Waals surface area contributed by atoms with Crippen LogP contribution in [0.3, 0.4) is 0 Å². The molecule has 1 saturated heterocycles. The number of esters is 1. The number of carbonyl (C=O) groups excluding carboxylic acids is 3. The summed E-state index contributed by atoms with van der Waals surface area (Å²) in [4.78, 5) is 41.1. The van der Waals surface area contributed by atoms with E-state index in [4.69, 9.17) is 16.3 Å². The average molecular weight is 438 g/mol. The summed E-state index contributed by atoms with van der Waals surface area (Å²) < 4.78 is 5.57. The molecule has 5 nitrogen and oxygen atoms in total. The van der Waals surface area contributed by atoms with Crippen LogP contribution in [0.25, 0.3) is 0 Å². The Morgan fingerprint density at radius 1 is 0.968 bits per heavy atom. The highest BCUT2D eigenvalue weighted by Crippen LogP contribution is 2.56.